The van der Waals surface area contributed by atoms with Crippen molar-refractivity contribution in [3.05, 3.63) is 23.2 Å². The third-order valence-electron chi connectivity index (χ3n) is 3.65. The van der Waals surface area contributed by atoms with E-state index in [1.807, 2.05) is 0 Å². The highest BCUT2D eigenvalue weighted by Gasteiger charge is 2.26. The number of hydrogen-bond donors (Lipinski definition) is 1. The van der Waals surface area contributed by atoms with E-state index in [1.54, 1.807) is 0 Å². The van der Waals surface area contributed by atoms with Crippen LogP contribution >= 0.6 is 0 Å². The molecule has 15 heavy (non-hydrogen) atoms. The Kier molecular flexibility index (Phi) is 3.15. The maximum atomic E-state index is 5.98. The molecule has 84 valence electrons. The second-order valence-electron chi connectivity index (χ2n) is 4.68. The van der Waals surface area contributed by atoms with Crippen LogP contribution in [-0.4, -0.2) is 0 Å². The lowest BCUT2D eigenvalue weighted by Crippen LogP contribution is -2.11. The van der Waals surface area contributed by atoms with Crippen molar-refractivity contribution in [3.8, 4) is 0 Å². The smallest absolute Gasteiger partial charge is 0.111 e. The minimum Gasteiger partial charge on any atom is -0.465 e. The van der Waals surface area contributed by atoms with E-state index in [2.05, 4.69) is 19.9 Å². The van der Waals surface area contributed by atoms with E-state index in [0.717, 1.165) is 12.2 Å². The van der Waals surface area contributed by atoms with Gasteiger partial charge in [0.15, 0.2) is 0 Å². The van der Waals surface area contributed by atoms with Crippen molar-refractivity contribution < 1.29 is 4.42 Å². The van der Waals surface area contributed by atoms with E-state index >= 15 is 0 Å². The summed E-state index contributed by atoms with van der Waals surface area (Å²) in [5.74, 6) is 3.48. The Bertz CT molecular complexity index is 325. The molecule has 0 saturated heterocycles. The van der Waals surface area contributed by atoms with E-state index < -0.39 is 0 Å². The van der Waals surface area contributed by atoms with E-state index in [4.69, 9.17) is 10.2 Å². The maximum Gasteiger partial charge on any atom is 0.111 e. The molecule has 0 radical (unpaired) electrons. The van der Waals surface area contributed by atoms with Gasteiger partial charge in [0.05, 0.1) is 0 Å². The van der Waals surface area contributed by atoms with Crippen LogP contribution in [0.4, 0.5) is 0 Å². The van der Waals surface area contributed by atoms with Crippen LogP contribution in [0, 0.1) is 0 Å². The van der Waals surface area contributed by atoms with Crippen molar-refractivity contribution in [2.75, 3.05) is 0 Å². The highest BCUT2D eigenvalue weighted by Crippen LogP contribution is 2.40. The summed E-state index contributed by atoms with van der Waals surface area (Å²) in [4.78, 5) is 0. The molecule has 1 heterocycles. The molecule has 1 aromatic heterocycles. The molecule has 2 nitrogen and oxygen atoms in total. The topological polar surface area (TPSA) is 39.2 Å². The van der Waals surface area contributed by atoms with Crippen LogP contribution < -0.4 is 5.73 Å². The first-order valence-corrected chi connectivity index (χ1v) is 6.08. The second kappa shape index (κ2) is 4.40. The third kappa shape index (κ3) is 1.96. The average molecular weight is 207 g/mol. The minimum atomic E-state index is 0.518. The molecule has 2 N–H and O–H groups in total. The van der Waals surface area contributed by atoms with E-state index in [1.165, 1.54) is 30.6 Å². The van der Waals surface area contributed by atoms with Crippen LogP contribution in [0.3, 0.4) is 0 Å². The minimum absolute atomic E-state index is 0.518. The van der Waals surface area contributed by atoms with Gasteiger partial charge in [0, 0.05) is 23.9 Å². The van der Waals surface area contributed by atoms with E-state index in [0.29, 0.717) is 18.4 Å². The van der Waals surface area contributed by atoms with Gasteiger partial charge in [-0.2, -0.15) is 0 Å². The van der Waals surface area contributed by atoms with Gasteiger partial charge >= 0.3 is 0 Å². The predicted octanol–water partition coefficient (Wildman–Crippen LogP) is 3.52. The fraction of sp³-hybridized carbons (Fsp3) is 0.692. The molecule has 1 unspecified atom stereocenters. The number of nitrogens with two attached hydrogens (primary N) is 1. The summed E-state index contributed by atoms with van der Waals surface area (Å²) in [7, 11) is 0. The summed E-state index contributed by atoms with van der Waals surface area (Å²) >= 11 is 0. The predicted molar refractivity (Wildman–Crippen MR) is 61.9 cm³/mol. The Morgan fingerprint density at radius 3 is 2.73 bits per heavy atom. The fourth-order valence-electron chi connectivity index (χ4n) is 2.08. The first-order valence-electron chi connectivity index (χ1n) is 6.08. The molecule has 0 spiro atoms. The molecular formula is C13H21NO. The fourth-order valence-corrected chi connectivity index (χ4v) is 2.08. The molecule has 0 amide bonds. The first-order chi connectivity index (χ1) is 7.26. The SMILES string of the molecule is CCC(C)c1cc(CN)c(C2CCC2)o1. The second-order valence-corrected chi connectivity index (χ2v) is 4.68. The zero-order valence-corrected chi connectivity index (χ0v) is 9.75. The van der Waals surface area contributed by atoms with Crippen molar-refractivity contribution in [2.45, 2.75) is 57.9 Å². The van der Waals surface area contributed by atoms with E-state index in [-0.39, 0.29) is 0 Å². The van der Waals surface area contributed by atoms with Gasteiger partial charge in [0.1, 0.15) is 11.5 Å². The summed E-state index contributed by atoms with van der Waals surface area (Å²) in [6.07, 6.45) is 5.02. The Morgan fingerprint density at radius 2 is 2.27 bits per heavy atom. The number of hydrogen-bond acceptors (Lipinski definition) is 2. The van der Waals surface area contributed by atoms with E-state index in [9.17, 15) is 0 Å². The Balaban J connectivity index is 2.23. The molecule has 0 aromatic carbocycles. The Labute approximate surface area is 91.8 Å². The summed E-state index contributed by atoms with van der Waals surface area (Å²) in [5, 5.41) is 0. The zero-order valence-electron chi connectivity index (χ0n) is 9.75. The maximum absolute atomic E-state index is 5.98. The lowest BCUT2D eigenvalue weighted by molar-refractivity contribution is 0.326. The first kappa shape index (κ1) is 10.7. The van der Waals surface area contributed by atoms with Gasteiger partial charge in [-0.25, -0.2) is 0 Å². The molecule has 2 heteroatoms. The molecule has 1 saturated carbocycles. The van der Waals surface area contributed by atoms with Crippen molar-refractivity contribution in [3.63, 3.8) is 0 Å². The lowest BCUT2D eigenvalue weighted by Gasteiger charge is -2.24. The number of rotatable bonds is 4. The van der Waals surface area contributed by atoms with Gasteiger partial charge in [-0.05, 0) is 25.3 Å². The lowest BCUT2D eigenvalue weighted by atomic mass is 9.82. The average Bonchev–Trinajstić information content (AvgIpc) is 2.58. The standard InChI is InChI=1S/C13H21NO/c1-3-9(2)12-7-11(8-14)13(15-12)10-5-4-6-10/h7,9-10H,3-6,8,14H2,1-2H3. The monoisotopic (exact) mass is 207 g/mol. The van der Waals surface area contributed by atoms with Crippen LogP contribution in [0.5, 0.6) is 0 Å². The third-order valence-corrected chi connectivity index (χ3v) is 3.65. The van der Waals surface area contributed by atoms with Crippen molar-refractivity contribution in [2.24, 2.45) is 5.73 Å². The van der Waals surface area contributed by atoms with Gasteiger partial charge in [0.25, 0.3) is 0 Å². The van der Waals surface area contributed by atoms with Crippen molar-refractivity contribution >= 4 is 0 Å². The Morgan fingerprint density at radius 1 is 1.53 bits per heavy atom. The van der Waals surface area contributed by atoms with Crippen LogP contribution in [0.25, 0.3) is 0 Å². The Hall–Kier alpha value is -0.760. The quantitative estimate of drug-likeness (QED) is 0.820. The van der Waals surface area contributed by atoms with Crippen molar-refractivity contribution in [1.82, 2.24) is 0 Å². The summed E-state index contributed by atoms with van der Waals surface area (Å²) in [6, 6.07) is 2.17. The molecule has 1 aromatic rings. The van der Waals surface area contributed by atoms with Crippen LogP contribution in [0.1, 0.15) is 68.5 Å². The van der Waals surface area contributed by atoms with Gasteiger partial charge in [-0.1, -0.05) is 20.3 Å². The van der Waals surface area contributed by atoms with Gasteiger partial charge in [-0.3, -0.25) is 0 Å². The number of furan rings is 1. The van der Waals surface area contributed by atoms with Gasteiger partial charge in [-0.15, -0.1) is 0 Å². The molecule has 2 rings (SSSR count). The molecule has 1 fully saturated rings. The van der Waals surface area contributed by atoms with Crippen LogP contribution in [0.15, 0.2) is 10.5 Å². The molecule has 0 aliphatic heterocycles. The zero-order chi connectivity index (χ0) is 10.8. The largest absolute Gasteiger partial charge is 0.465 e. The molecule has 0 bridgehead atoms. The highest BCUT2D eigenvalue weighted by molar-refractivity contribution is 5.27. The molecule has 1 aliphatic rings. The molecular weight excluding hydrogens is 186 g/mol. The summed E-state index contributed by atoms with van der Waals surface area (Å²) in [5.41, 5.74) is 6.99. The normalized spacial score (nSPS) is 18.9. The molecule has 1 aliphatic carbocycles. The molecule has 1 atom stereocenters. The van der Waals surface area contributed by atoms with Gasteiger partial charge < -0.3 is 10.2 Å². The summed E-state index contributed by atoms with van der Waals surface area (Å²) in [6.45, 7) is 5.02. The van der Waals surface area contributed by atoms with Crippen molar-refractivity contribution in [1.29, 1.82) is 0 Å². The summed E-state index contributed by atoms with van der Waals surface area (Å²) < 4.78 is 5.98. The van der Waals surface area contributed by atoms with Crippen LogP contribution in [-0.2, 0) is 6.54 Å². The van der Waals surface area contributed by atoms with Gasteiger partial charge in [0.2, 0.25) is 0 Å². The van der Waals surface area contributed by atoms with Crippen LogP contribution in [0.2, 0.25) is 0 Å². The highest BCUT2D eigenvalue weighted by atomic mass is 16.3.